The third kappa shape index (κ3) is 5.56. The summed E-state index contributed by atoms with van der Waals surface area (Å²) in [5.41, 5.74) is 0. The fourth-order valence-corrected chi connectivity index (χ4v) is 3.46. The maximum absolute atomic E-state index is 12.1. The Kier molecular flexibility index (Phi) is 6.58. The fraction of sp³-hybridized carbons (Fsp3) is 0.533. The van der Waals surface area contributed by atoms with Crippen LogP contribution in [0.1, 0.15) is 26.2 Å². The average Bonchev–Trinajstić information content (AvgIpc) is 2.53. The Balaban J connectivity index is 1.87. The van der Waals surface area contributed by atoms with Crippen molar-refractivity contribution in [3.8, 4) is 0 Å². The van der Waals surface area contributed by atoms with Gasteiger partial charge in [-0.05, 0) is 50.5 Å². The number of ether oxygens (including phenoxy) is 2. The van der Waals surface area contributed by atoms with Crippen LogP contribution in [0.5, 0.6) is 0 Å². The topological polar surface area (TPSA) is 81.7 Å². The normalized spacial score (nSPS) is 20.0. The van der Waals surface area contributed by atoms with Gasteiger partial charge in [0.2, 0.25) is 0 Å². The SMILES string of the molecule is C[C@@H](OC[C@H]1CCCCO1)C(=O)NS(=O)(=O)c1ccc(Br)cc1. The lowest BCUT2D eigenvalue weighted by atomic mass is 10.1. The summed E-state index contributed by atoms with van der Waals surface area (Å²) < 4.78 is 38.0. The van der Waals surface area contributed by atoms with Gasteiger partial charge in [-0.1, -0.05) is 15.9 Å². The van der Waals surface area contributed by atoms with Crippen LogP contribution in [0.3, 0.4) is 0 Å². The molecule has 1 aromatic rings. The number of nitrogens with one attached hydrogen (secondary N) is 1. The highest BCUT2D eigenvalue weighted by atomic mass is 79.9. The largest absolute Gasteiger partial charge is 0.376 e. The molecule has 1 saturated heterocycles. The molecule has 23 heavy (non-hydrogen) atoms. The molecule has 1 aliphatic rings. The zero-order chi connectivity index (χ0) is 16.9. The minimum Gasteiger partial charge on any atom is -0.376 e. The molecule has 2 rings (SSSR count). The second kappa shape index (κ2) is 8.23. The molecular weight excluding hydrogens is 386 g/mol. The van der Waals surface area contributed by atoms with Gasteiger partial charge in [0, 0.05) is 11.1 Å². The third-order valence-corrected chi connectivity index (χ3v) is 5.43. The molecule has 8 heteroatoms. The summed E-state index contributed by atoms with van der Waals surface area (Å²) in [6, 6.07) is 6.03. The van der Waals surface area contributed by atoms with Gasteiger partial charge in [0.15, 0.2) is 0 Å². The molecule has 1 aromatic carbocycles. The predicted octanol–water partition coefficient (Wildman–Crippen LogP) is 2.23. The quantitative estimate of drug-likeness (QED) is 0.784. The van der Waals surface area contributed by atoms with E-state index in [2.05, 4.69) is 15.9 Å². The predicted molar refractivity (Wildman–Crippen MR) is 88.5 cm³/mol. The van der Waals surface area contributed by atoms with Gasteiger partial charge >= 0.3 is 0 Å². The highest BCUT2D eigenvalue weighted by Crippen LogP contribution is 2.15. The van der Waals surface area contributed by atoms with Gasteiger partial charge in [-0.2, -0.15) is 0 Å². The summed E-state index contributed by atoms with van der Waals surface area (Å²) in [4.78, 5) is 12.0. The Hall–Kier alpha value is -0.960. The Morgan fingerprint density at radius 2 is 2.09 bits per heavy atom. The first kappa shape index (κ1) is 18.4. The van der Waals surface area contributed by atoms with E-state index in [1.165, 1.54) is 19.1 Å². The molecule has 0 spiro atoms. The number of amides is 1. The minimum atomic E-state index is -3.90. The molecule has 128 valence electrons. The number of sulfonamides is 1. The van der Waals surface area contributed by atoms with Crippen molar-refractivity contribution in [1.82, 2.24) is 4.72 Å². The zero-order valence-electron chi connectivity index (χ0n) is 12.8. The molecule has 1 fully saturated rings. The van der Waals surface area contributed by atoms with E-state index in [1.54, 1.807) is 12.1 Å². The first-order valence-corrected chi connectivity index (χ1v) is 9.71. The molecule has 6 nitrogen and oxygen atoms in total. The van der Waals surface area contributed by atoms with E-state index in [0.717, 1.165) is 23.7 Å². The fourth-order valence-electron chi connectivity index (χ4n) is 2.15. The van der Waals surface area contributed by atoms with Gasteiger partial charge < -0.3 is 9.47 Å². The maximum Gasteiger partial charge on any atom is 0.264 e. The summed E-state index contributed by atoms with van der Waals surface area (Å²) in [5.74, 6) is -0.691. The lowest BCUT2D eigenvalue weighted by molar-refractivity contribution is -0.133. The second-order valence-corrected chi connectivity index (χ2v) is 7.99. The molecule has 0 radical (unpaired) electrons. The van der Waals surface area contributed by atoms with Crippen LogP contribution >= 0.6 is 15.9 Å². The lowest BCUT2D eigenvalue weighted by Gasteiger charge is -2.23. The van der Waals surface area contributed by atoms with Crippen LogP contribution in [-0.2, 0) is 24.3 Å². The number of benzene rings is 1. The van der Waals surface area contributed by atoms with Gasteiger partial charge in [-0.25, -0.2) is 13.1 Å². The number of halogens is 1. The summed E-state index contributed by atoms with van der Waals surface area (Å²) in [6.07, 6.45) is 2.11. The molecule has 0 saturated carbocycles. The molecule has 1 N–H and O–H groups in total. The van der Waals surface area contributed by atoms with Gasteiger partial charge in [-0.15, -0.1) is 0 Å². The van der Waals surface area contributed by atoms with Crippen molar-refractivity contribution in [1.29, 1.82) is 0 Å². The summed E-state index contributed by atoms with van der Waals surface area (Å²) >= 11 is 3.23. The van der Waals surface area contributed by atoms with Crippen molar-refractivity contribution in [3.05, 3.63) is 28.7 Å². The summed E-state index contributed by atoms with van der Waals surface area (Å²) in [5, 5.41) is 0. The number of hydrogen-bond donors (Lipinski definition) is 1. The number of hydrogen-bond acceptors (Lipinski definition) is 5. The molecule has 1 aliphatic heterocycles. The highest BCUT2D eigenvalue weighted by molar-refractivity contribution is 9.10. The van der Waals surface area contributed by atoms with Gasteiger partial charge in [-0.3, -0.25) is 4.79 Å². The number of rotatable bonds is 6. The number of carbonyl (C=O) groups is 1. The van der Waals surface area contributed by atoms with Crippen molar-refractivity contribution < 1.29 is 22.7 Å². The van der Waals surface area contributed by atoms with Crippen LogP contribution in [0.25, 0.3) is 0 Å². The molecule has 1 heterocycles. The first-order valence-electron chi connectivity index (χ1n) is 7.44. The Bertz CT molecular complexity index is 626. The van der Waals surface area contributed by atoms with Crippen LogP contribution in [0.2, 0.25) is 0 Å². The van der Waals surface area contributed by atoms with Gasteiger partial charge in [0.05, 0.1) is 17.6 Å². The van der Waals surface area contributed by atoms with Crippen molar-refractivity contribution in [2.45, 2.75) is 43.3 Å². The van der Waals surface area contributed by atoms with Crippen LogP contribution in [0.4, 0.5) is 0 Å². The summed E-state index contributed by atoms with van der Waals surface area (Å²) in [7, 11) is -3.90. The van der Waals surface area contributed by atoms with E-state index >= 15 is 0 Å². The van der Waals surface area contributed by atoms with E-state index in [4.69, 9.17) is 9.47 Å². The zero-order valence-corrected chi connectivity index (χ0v) is 15.2. The maximum atomic E-state index is 12.1. The second-order valence-electron chi connectivity index (χ2n) is 5.39. The van der Waals surface area contributed by atoms with Crippen molar-refractivity contribution >= 4 is 31.9 Å². The molecular formula is C15H20BrNO5S. The monoisotopic (exact) mass is 405 g/mol. The molecule has 0 aromatic heterocycles. The van der Waals surface area contributed by atoms with E-state index in [-0.39, 0.29) is 17.6 Å². The van der Waals surface area contributed by atoms with Crippen LogP contribution in [0, 0.1) is 0 Å². The minimum absolute atomic E-state index is 0.0249. The smallest absolute Gasteiger partial charge is 0.264 e. The molecule has 0 aliphatic carbocycles. The Morgan fingerprint density at radius 3 is 2.70 bits per heavy atom. The van der Waals surface area contributed by atoms with E-state index in [1.807, 2.05) is 4.72 Å². The van der Waals surface area contributed by atoms with Crippen LogP contribution in [-0.4, -0.2) is 39.7 Å². The van der Waals surface area contributed by atoms with Crippen molar-refractivity contribution in [3.63, 3.8) is 0 Å². The van der Waals surface area contributed by atoms with Crippen molar-refractivity contribution in [2.24, 2.45) is 0 Å². The van der Waals surface area contributed by atoms with E-state index in [9.17, 15) is 13.2 Å². The Morgan fingerprint density at radius 1 is 1.39 bits per heavy atom. The van der Waals surface area contributed by atoms with Crippen molar-refractivity contribution in [2.75, 3.05) is 13.2 Å². The first-order chi connectivity index (χ1) is 10.9. The number of carbonyl (C=O) groups excluding carboxylic acids is 1. The third-order valence-electron chi connectivity index (χ3n) is 3.53. The average molecular weight is 406 g/mol. The van der Waals surface area contributed by atoms with E-state index < -0.39 is 22.0 Å². The lowest BCUT2D eigenvalue weighted by Crippen LogP contribution is -2.40. The molecule has 0 unspecified atom stereocenters. The summed E-state index contributed by atoms with van der Waals surface area (Å²) in [6.45, 7) is 2.51. The van der Waals surface area contributed by atoms with Gasteiger partial charge in [0.25, 0.3) is 15.9 Å². The van der Waals surface area contributed by atoms with Crippen LogP contribution < -0.4 is 4.72 Å². The Labute approximate surface area is 144 Å². The van der Waals surface area contributed by atoms with Gasteiger partial charge in [0.1, 0.15) is 6.10 Å². The molecule has 2 atom stereocenters. The van der Waals surface area contributed by atoms with Crippen LogP contribution in [0.15, 0.2) is 33.6 Å². The van der Waals surface area contributed by atoms with E-state index in [0.29, 0.717) is 6.61 Å². The molecule has 0 bridgehead atoms. The molecule has 1 amide bonds. The standard InChI is InChI=1S/C15H20BrNO5S/c1-11(22-10-13-4-2-3-9-21-13)15(18)17-23(19,20)14-7-5-12(16)6-8-14/h5-8,11,13H,2-4,9-10H2,1H3,(H,17,18)/t11-,13-/m1/s1. The highest BCUT2D eigenvalue weighted by Gasteiger charge is 2.23.